The summed E-state index contributed by atoms with van der Waals surface area (Å²) in [6, 6.07) is 11.6. The molecule has 4 heteroatoms. The predicted molar refractivity (Wildman–Crippen MR) is 83.0 cm³/mol. The van der Waals surface area contributed by atoms with Crippen LogP contribution < -0.4 is 4.74 Å². The summed E-state index contributed by atoms with van der Waals surface area (Å²) in [4.78, 5) is 0. The average Bonchev–Trinajstić information content (AvgIpc) is 2.34. The van der Waals surface area contributed by atoms with Gasteiger partial charge in [-0.1, -0.05) is 43.5 Å². The third kappa shape index (κ3) is 3.28. The summed E-state index contributed by atoms with van der Waals surface area (Å²) >= 11 is 12.8. The Balaban J connectivity index is 2.33. The van der Waals surface area contributed by atoms with Gasteiger partial charge in [0.05, 0.1) is 0 Å². The Morgan fingerprint density at radius 2 is 1.83 bits per heavy atom. The van der Waals surface area contributed by atoms with Gasteiger partial charge >= 0.3 is 0 Å². The molecule has 0 saturated heterocycles. The number of rotatable bonds is 3. The molecule has 0 aliphatic rings. The van der Waals surface area contributed by atoms with Crippen molar-refractivity contribution in [2.75, 3.05) is 0 Å². The zero-order valence-electron chi connectivity index (χ0n) is 9.71. The van der Waals surface area contributed by atoms with Crippen molar-refractivity contribution in [1.29, 1.82) is 0 Å². The largest absolute Gasteiger partial charge is 0.457 e. The molecule has 0 fully saturated rings. The molecule has 0 heterocycles. The van der Waals surface area contributed by atoms with Crippen molar-refractivity contribution in [2.24, 2.45) is 0 Å². The van der Waals surface area contributed by atoms with Crippen molar-refractivity contribution in [2.45, 2.75) is 12.3 Å². The van der Waals surface area contributed by atoms with Gasteiger partial charge in [0.25, 0.3) is 0 Å². The van der Waals surface area contributed by atoms with E-state index in [1.807, 2.05) is 43.3 Å². The standard InChI is InChI=1S/C14H11Br2ClO/c1-9-6-12(17)3-5-13(9)18-14-4-2-11(16)7-10(14)8-15/h2-7H,8H2,1H3. The summed E-state index contributed by atoms with van der Waals surface area (Å²) in [5, 5.41) is 1.46. The van der Waals surface area contributed by atoms with Crippen LogP contribution in [-0.2, 0) is 5.33 Å². The lowest BCUT2D eigenvalue weighted by Crippen LogP contribution is -1.91. The molecule has 18 heavy (non-hydrogen) atoms. The minimum absolute atomic E-state index is 0.719. The first-order valence-electron chi connectivity index (χ1n) is 5.38. The molecule has 0 radical (unpaired) electrons. The molecule has 0 aromatic heterocycles. The minimum Gasteiger partial charge on any atom is -0.457 e. The van der Waals surface area contributed by atoms with Gasteiger partial charge in [0.2, 0.25) is 0 Å². The highest BCUT2D eigenvalue weighted by Gasteiger charge is 2.07. The maximum Gasteiger partial charge on any atom is 0.131 e. The Kier molecular flexibility index (Phi) is 4.71. The Morgan fingerprint density at radius 3 is 2.50 bits per heavy atom. The van der Waals surface area contributed by atoms with Gasteiger partial charge < -0.3 is 4.74 Å². The number of benzene rings is 2. The van der Waals surface area contributed by atoms with E-state index in [1.165, 1.54) is 0 Å². The zero-order chi connectivity index (χ0) is 13.1. The van der Waals surface area contributed by atoms with Gasteiger partial charge in [-0.05, 0) is 48.9 Å². The van der Waals surface area contributed by atoms with Crippen molar-refractivity contribution < 1.29 is 4.74 Å². The van der Waals surface area contributed by atoms with E-state index in [9.17, 15) is 0 Å². The second-order valence-electron chi connectivity index (χ2n) is 3.90. The van der Waals surface area contributed by atoms with Crippen LogP contribution in [0.5, 0.6) is 11.5 Å². The van der Waals surface area contributed by atoms with Crippen molar-refractivity contribution >= 4 is 43.5 Å². The molecule has 0 aliphatic heterocycles. The van der Waals surface area contributed by atoms with Crippen LogP contribution in [0.25, 0.3) is 0 Å². The van der Waals surface area contributed by atoms with E-state index in [0.717, 1.165) is 37.5 Å². The SMILES string of the molecule is Cc1cc(Cl)ccc1Oc1ccc(Br)cc1CBr. The number of halogens is 3. The molecule has 94 valence electrons. The number of hydrogen-bond acceptors (Lipinski definition) is 1. The predicted octanol–water partition coefficient (Wildman–Crippen LogP) is 6.10. The highest BCUT2D eigenvalue weighted by atomic mass is 79.9. The molecule has 1 nitrogen and oxygen atoms in total. The smallest absolute Gasteiger partial charge is 0.131 e. The third-order valence-electron chi connectivity index (χ3n) is 2.52. The molecule has 0 saturated carbocycles. The Hall–Kier alpha value is -0.510. The molecule has 0 bridgehead atoms. The lowest BCUT2D eigenvalue weighted by Gasteiger charge is -2.12. The van der Waals surface area contributed by atoms with Gasteiger partial charge in [0.15, 0.2) is 0 Å². The van der Waals surface area contributed by atoms with E-state index < -0.39 is 0 Å². The van der Waals surface area contributed by atoms with Crippen LogP contribution in [0.3, 0.4) is 0 Å². The molecular formula is C14H11Br2ClO. The second kappa shape index (κ2) is 6.09. The number of hydrogen-bond donors (Lipinski definition) is 0. The fourth-order valence-electron chi connectivity index (χ4n) is 1.60. The maximum atomic E-state index is 5.93. The summed E-state index contributed by atoms with van der Waals surface area (Å²) in [6.07, 6.45) is 0. The normalized spacial score (nSPS) is 10.4. The topological polar surface area (TPSA) is 9.23 Å². The second-order valence-corrected chi connectivity index (χ2v) is 5.81. The molecule has 2 aromatic rings. The summed E-state index contributed by atoms with van der Waals surface area (Å²) in [5.41, 5.74) is 2.12. The van der Waals surface area contributed by atoms with Gasteiger partial charge in [-0.25, -0.2) is 0 Å². The average molecular weight is 391 g/mol. The summed E-state index contributed by atoms with van der Waals surface area (Å²) < 4.78 is 6.97. The highest BCUT2D eigenvalue weighted by Crippen LogP contribution is 2.32. The first kappa shape index (κ1) is 13.9. The lowest BCUT2D eigenvalue weighted by molar-refractivity contribution is 0.475. The Labute approximate surface area is 128 Å². The molecule has 2 aromatic carbocycles. The van der Waals surface area contributed by atoms with Gasteiger partial charge in [-0.3, -0.25) is 0 Å². The van der Waals surface area contributed by atoms with Crippen LogP contribution in [0.2, 0.25) is 5.02 Å². The number of alkyl halides is 1. The van der Waals surface area contributed by atoms with Crippen LogP contribution in [0, 0.1) is 6.92 Å². The molecule has 0 atom stereocenters. The van der Waals surface area contributed by atoms with Gasteiger partial charge in [-0.2, -0.15) is 0 Å². The molecule has 0 amide bonds. The molecule has 0 aliphatic carbocycles. The number of aryl methyl sites for hydroxylation is 1. The van der Waals surface area contributed by atoms with Gasteiger partial charge in [0, 0.05) is 20.4 Å². The van der Waals surface area contributed by atoms with E-state index in [2.05, 4.69) is 31.9 Å². The van der Waals surface area contributed by atoms with Crippen LogP contribution >= 0.6 is 43.5 Å². The fourth-order valence-corrected chi connectivity index (χ4v) is 2.67. The molecule has 0 N–H and O–H groups in total. The quantitative estimate of drug-likeness (QED) is 0.576. The van der Waals surface area contributed by atoms with E-state index >= 15 is 0 Å². The molecule has 0 unspecified atom stereocenters. The van der Waals surface area contributed by atoms with Crippen molar-refractivity contribution in [3.8, 4) is 11.5 Å². The summed E-state index contributed by atoms with van der Waals surface area (Å²) in [6.45, 7) is 1.98. The summed E-state index contributed by atoms with van der Waals surface area (Å²) in [5.74, 6) is 1.67. The van der Waals surface area contributed by atoms with Crippen molar-refractivity contribution in [3.63, 3.8) is 0 Å². The van der Waals surface area contributed by atoms with Crippen molar-refractivity contribution in [3.05, 3.63) is 57.0 Å². The first-order valence-corrected chi connectivity index (χ1v) is 7.68. The fraction of sp³-hybridized carbons (Fsp3) is 0.143. The van der Waals surface area contributed by atoms with E-state index in [4.69, 9.17) is 16.3 Å². The van der Waals surface area contributed by atoms with Crippen LogP contribution in [0.1, 0.15) is 11.1 Å². The van der Waals surface area contributed by atoms with Gasteiger partial charge in [-0.15, -0.1) is 0 Å². The number of ether oxygens (including phenoxy) is 1. The monoisotopic (exact) mass is 388 g/mol. The van der Waals surface area contributed by atoms with E-state index in [1.54, 1.807) is 0 Å². The van der Waals surface area contributed by atoms with E-state index in [0.29, 0.717) is 0 Å². The Morgan fingerprint density at radius 1 is 1.11 bits per heavy atom. The zero-order valence-corrected chi connectivity index (χ0v) is 13.6. The Bertz CT molecular complexity index is 570. The van der Waals surface area contributed by atoms with Crippen molar-refractivity contribution in [1.82, 2.24) is 0 Å². The van der Waals surface area contributed by atoms with E-state index in [-0.39, 0.29) is 0 Å². The third-order valence-corrected chi connectivity index (χ3v) is 3.86. The van der Waals surface area contributed by atoms with Gasteiger partial charge in [0.1, 0.15) is 11.5 Å². The molecule has 0 spiro atoms. The molecular weight excluding hydrogens is 379 g/mol. The van der Waals surface area contributed by atoms with Crippen LogP contribution in [0.4, 0.5) is 0 Å². The van der Waals surface area contributed by atoms with Crippen LogP contribution in [-0.4, -0.2) is 0 Å². The maximum absolute atomic E-state index is 5.93. The molecule has 2 rings (SSSR count). The minimum atomic E-state index is 0.719. The first-order chi connectivity index (χ1) is 8.60. The highest BCUT2D eigenvalue weighted by molar-refractivity contribution is 9.10. The lowest BCUT2D eigenvalue weighted by atomic mass is 10.2. The van der Waals surface area contributed by atoms with Crippen LogP contribution in [0.15, 0.2) is 40.9 Å². The summed E-state index contributed by atoms with van der Waals surface area (Å²) in [7, 11) is 0.